The second-order valence-electron chi connectivity index (χ2n) is 8.82. The average Bonchev–Trinajstić information content (AvgIpc) is 3.24. The quantitative estimate of drug-likeness (QED) is 0.556. The zero-order valence-electron chi connectivity index (χ0n) is 18.5. The fraction of sp³-hybridized carbons (Fsp3) is 0.360. The number of fused-ring (bicyclic) bond motifs is 1. The Hall–Kier alpha value is -3.68. The monoisotopic (exact) mass is 445 g/mol. The van der Waals surface area contributed by atoms with Gasteiger partial charge in [0.1, 0.15) is 11.8 Å². The summed E-state index contributed by atoms with van der Waals surface area (Å²) in [7, 11) is 0. The van der Waals surface area contributed by atoms with Gasteiger partial charge in [-0.3, -0.25) is 19.7 Å². The molecule has 3 N–H and O–H groups in total. The molecule has 0 bridgehead atoms. The van der Waals surface area contributed by atoms with Crippen LogP contribution in [-0.2, 0) is 24.2 Å². The molecule has 0 radical (unpaired) electrons. The molecule has 2 amide bonds. The zero-order chi connectivity index (χ0) is 22.9. The normalized spacial score (nSPS) is 17.8. The third kappa shape index (κ3) is 4.20. The molecule has 3 aromatic rings. The van der Waals surface area contributed by atoms with Gasteiger partial charge < -0.3 is 15.3 Å². The maximum absolute atomic E-state index is 13.4. The number of aromatic hydroxyl groups is 1. The average molecular weight is 446 g/mol. The Balaban J connectivity index is 1.41. The number of carbonyl (C=O) groups excluding carboxylic acids is 2. The third-order valence-corrected chi connectivity index (χ3v) is 6.71. The van der Waals surface area contributed by atoms with Crippen molar-refractivity contribution in [3.05, 3.63) is 70.7 Å². The molecule has 3 heterocycles. The fourth-order valence-corrected chi connectivity index (χ4v) is 4.48. The van der Waals surface area contributed by atoms with Gasteiger partial charge in [0, 0.05) is 42.5 Å². The number of phenolic OH excluding ortho intramolecular Hbond substituents is 1. The van der Waals surface area contributed by atoms with E-state index in [1.807, 2.05) is 19.1 Å². The predicted molar refractivity (Wildman–Crippen MR) is 123 cm³/mol. The van der Waals surface area contributed by atoms with Gasteiger partial charge in [-0.1, -0.05) is 19.4 Å². The van der Waals surface area contributed by atoms with E-state index >= 15 is 0 Å². The van der Waals surface area contributed by atoms with Crippen molar-refractivity contribution in [1.82, 2.24) is 20.1 Å². The number of nitrogens with one attached hydrogen (secondary N) is 2. The molecule has 1 saturated carbocycles. The van der Waals surface area contributed by atoms with Crippen molar-refractivity contribution in [2.45, 2.75) is 57.5 Å². The first-order chi connectivity index (χ1) is 16.0. The molecule has 33 heavy (non-hydrogen) atoms. The number of hydrogen-bond acceptors (Lipinski definition) is 5. The van der Waals surface area contributed by atoms with Gasteiger partial charge in [0.25, 0.3) is 5.91 Å². The SMILES string of the molecule is CCc1ccc(C(=O)N2Cc3ccc(O)cc3C[C@H]2C(=O)Nc2cc(C3CCC3)[nH]n2)cn1. The van der Waals surface area contributed by atoms with Crippen LogP contribution in [0.2, 0.25) is 0 Å². The van der Waals surface area contributed by atoms with Crippen molar-refractivity contribution in [2.75, 3.05) is 5.32 Å². The van der Waals surface area contributed by atoms with Crippen LogP contribution < -0.4 is 5.32 Å². The van der Waals surface area contributed by atoms with E-state index in [2.05, 4.69) is 20.5 Å². The highest BCUT2D eigenvalue weighted by Crippen LogP contribution is 2.36. The van der Waals surface area contributed by atoms with Crippen LogP contribution >= 0.6 is 0 Å². The van der Waals surface area contributed by atoms with Gasteiger partial charge in [0.05, 0.1) is 5.56 Å². The summed E-state index contributed by atoms with van der Waals surface area (Å²) in [5.74, 6) is 0.530. The van der Waals surface area contributed by atoms with Gasteiger partial charge >= 0.3 is 0 Å². The van der Waals surface area contributed by atoms with Crippen LogP contribution in [0.5, 0.6) is 5.75 Å². The van der Waals surface area contributed by atoms with Crippen molar-refractivity contribution >= 4 is 17.6 Å². The number of aromatic nitrogens is 3. The highest BCUT2D eigenvalue weighted by molar-refractivity contribution is 6.01. The number of benzene rings is 1. The van der Waals surface area contributed by atoms with Crippen molar-refractivity contribution in [3.8, 4) is 5.75 Å². The molecule has 1 fully saturated rings. The number of carbonyl (C=O) groups is 2. The lowest BCUT2D eigenvalue weighted by molar-refractivity contribution is -0.121. The first kappa shape index (κ1) is 21.2. The summed E-state index contributed by atoms with van der Waals surface area (Å²) in [6.07, 6.45) is 6.14. The van der Waals surface area contributed by atoms with E-state index in [0.29, 0.717) is 23.7 Å². The van der Waals surface area contributed by atoms with Crippen LogP contribution in [0.1, 0.15) is 65.0 Å². The number of anilines is 1. The Morgan fingerprint density at radius 1 is 1.18 bits per heavy atom. The maximum Gasteiger partial charge on any atom is 0.256 e. The topological polar surface area (TPSA) is 111 Å². The predicted octanol–water partition coefficient (Wildman–Crippen LogP) is 3.55. The number of rotatable bonds is 5. The van der Waals surface area contributed by atoms with Gasteiger partial charge in [0.2, 0.25) is 5.91 Å². The van der Waals surface area contributed by atoms with E-state index in [9.17, 15) is 14.7 Å². The minimum absolute atomic E-state index is 0.143. The number of pyridine rings is 1. The molecule has 1 aliphatic carbocycles. The molecule has 0 saturated heterocycles. The molecular formula is C25H27N5O3. The standard InChI is InChI=1S/C25H27N5O3/c1-2-19-8-6-16(13-26-19)25(33)30-14-17-7-9-20(31)10-18(17)11-22(30)24(32)27-23-12-21(28-29-23)15-4-3-5-15/h6-10,12-13,15,22,31H,2-5,11,14H2,1H3,(H2,27,28,29,32)/t22-/m0/s1. The minimum atomic E-state index is -0.735. The lowest BCUT2D eigenvalue weighted by Gasteiger charge is -2.36. The molecule has 1 aromatic carbocycles. The number of aromatic amines is 1. The van der Waals surface area contributed by atoms with Gasteiger partial charge in [-0.25, -0.2) is 0 Å². The van der Waals surface area contributed by atoms with Crippen molar-refractivity contribution < 1.29 is 14.7 Å². The van der Waals surface area contributed by atoms with Crippen LogP contribution in [0.15, 0.2) is 42.6 Å². The van der Waals surface area contributed by atoms with Crippen LogP contribution in [0.4, 0.5) is 5.82 Å². The van der Waals surface area contributed by atoms with Crippen molar-refractivity contribution in [1.29, 1.82) is 0 Å². The maximum atomic E-state index is 13.4. The molecule has 8 nitrogen and oxygen atoms in total. The Morgan fingerprint density at radius 3 is 2.73 bits per heavy atom. The first-order valence-corrected chi connectivity index (χ1v) is 11.4. The molecule has 2 aliphatic rings. The van der Waals surface area contributed by atoms with Crippen LogP contribution in [-0.4, -0.2) is 43.0 Å². The summed E-state index contributed by atoms with van der Waals surface area (Å²) >= 11 is 0. The lowest BCUT2D eigenvalue weighted by Crippen LogP contribution is -2.50. The number of amides is 2. The Bertz CT molecular complexity index is 1180. The second-order valence-corrected chi connectivity index (χ2v) is 8.82. The number of H-pyrrole nitrogens is 1. The number of aryl methyl sites for hydroxylation is 1. The van der Waals surface area contributed by atoms with E-state index in [1.165, 1.54) is 6.42 Å². The summed E-state index contributed by atoms with van der Waals surface area (Å²) in [6, 6.07) is 9.81. The summed E-state index contributed by atoms with van der Waals surface area (Å²) in [5.41, 5.74) is 4.15. The van der Waals surface area contributed by atoms with Crippen molar-refractivity contribution in [2.24, 2.45) is 0 Å². The number of phenols is 1. The van der Waals surface area contributed by atoms with Crippen LogP contribution in [0.3, 0.4) is 0 Å². The molecule has 2 aromatic heterocycles. The van der Waals surface area contributed by atoms with Gasteiger partial charge in [0.15, 0.2) is 5.82 Å². The molecule has 170 valence electrons. The van der Waals surface area contributed by atoms with Gasteiger partial charge in [-0.2, -0.15) is 5.10 Å². The summed E-state index contributed by atoms with van der Waals surface area (Å²) < 4.78 is 0. The Morgan fingerprint density at radius 2 is 2.03 bits per heavy atom. The summed E-state index contributed by atoms with van der Waals surface area (Å²) in [4.78, 5) is 32.7. The van der Waals surface area contributed by atoms with E-state index < -0.39 is 6.04 Å². The van der Waals surface area contributed by atoms with E-state index in [4.69, 9.17) is 0 Å². The second kappa shape index (κ2) is 8.69. The molecule has 0 unspecified atom stereocenters. The summed E-state index contributed by atoms with van der Waals surface area (Å²) in [6.45, 7) is 2.28. The molecule has 5 rings (SSSR count). The van der Waals surface area contributed by atoms with Crippen LogP contribution in [0.25, 0.3) is 0 Å². The zero-order valence-corrected chi connectivity index (χ0v) is 18.5. The summed E-state index contributed by atoms with van der Waals surface area (Å²) in [5, 5.41) is 20.1. The van der Waals surface area contributed by atoms with E-state index in [1.54, 1.807) is 35.4 Å². The van der Waals surface area contributed by atoms with Crippen LogP contribution in [0, 0.1) is 0 Å². The minimum Gasteiger partial charge on any atom is -0.508 e. The first-order valence-electron chi connectivity index (χ1n) is 11.4. The highest BCUT2D eigenvalue weighted by atomic mass is 16.3. The van der Waals surface area contributed by atoms with Gasteiger partial charge in [-0.15, -0.1) is 0 Å². The van der Waals surface area contributed by atoms with E-state index in [0.717, 1.165) is 41.8 Å². The smallest absolute Gasteiger partial charge is 0.256 e. The van der Waals surface area contributed by atoms with Crippen molar-refractivity contribution in [3.63, 3.8) is 0 Å². The Kier molecular flexibility index (Phi) is 5.58. The highest BCUT2D eigenvalue weighted by Gasteiger charge is 2.36. The number of nitrogens with zero attached hydrogens (tertiary/aromatic N) is 3. The largest absolute Gasteiger partial charge is 0.508 e. The number of hydrogen-bond donors (Lipinski definition) is 3. The molecule has 8 heteroatoms. The fourth-order valence-electron chi connectivity index (χ4n) is 4.48. The Labute approximate surface area is 192 Å². The molecule has 0 spiro atoms. The van der Waals surface area contributed by atoms with Gasteiger partial charge in [-0.05, 0) is 54.7 Å². The molecule has 1 aliphatic heterocycles. The molecule has 1 atom stereocenters. The third-order valence-electron chi connectivity index (χ3n) is 6.71. The lowest BCUT2D eigenvalue weighted by atomic mass is 9.83. The van der Waals surface area contributed by atoms with E-state index in [-0.39, 0.29) is 24.1 Å². The molecular weight excluding hydrogens is 418 g/mol.